The van der Waals surface area contributed by atoms with Crippen LogP contribution >= 0.6 is 11.8 Å². The van der Waals surface area contributed by atoms with E-state index in [-0.39, 0.29) is 12.0 Å². The Morgan fingerprint density at radius 3 is 3.13 bits per heavy atom. The molecule has 1 saturated heterocycles. The maximum absolute atomic E-state index is 12.8. The topological polar surface area (TPSA) is 47.4 Å². The molecule has 2 aliphatic heterocycles. The Kier molecular flexibility index (Phi) is 3.99. The van der Waals surface area contributed by atoms with E-state index in [1.807, 2.05) is 41.7 Å². The molecule has 120 valence electrons. The number of piperidine rings is 1. The van der Waals surface area contributed by atoms with Crippen molar-refractivity contribution in [3.63, 3.8) is 0 Å². The lowest BCUT2D eigenvalue weighted by Crippen LogP contribution is -2.48. The van der Waals surface area contributed by atoms with Gasteiger partial charge in [-0.05, 0) is 25.0 Å². The molecule has 0 spiro atoms. The second kappa shape index (κ2) is 6.28. The van der Waals surface area contributed by atoms with E-state index >= 15 is 0 Å². The van der Waals surface area contributed by atoms with Crippen LogP contribution in [0.1, 0.15) is 18.9 Å². The van der Waals surface area contributed by atoms with Crippen molar-refractivity contribution in [2.75, 3.05) is 18.8 Å². The van der Waals surface area contributed by atoms with Crippen molar-refractivity contribution in [3.05, 3.63) is 43.0 Å². The highest BCUT2D eigenvalue weighted by molar-refractivity contribution is 7.99. The number of amides is 1. The molecule has 2 aliphatic rings. The average molecular weight is 329 g/mol. The maximum Gasteiger partial charge on any atom is 0.264 e. The fraction of sp³-hybridized carbons (Fsp3) is 0.412. The zero-order chi connectivity index (χ0) is 15.6. The van der Waals surface area contributed by atoms with E-state index in [9.17, 15) is 4.79 Å². The fourth-order valence-corrected chi connectivity index (χ4v) is 4.20. The van der Waals surface area contributed by atoms with E-state index in [0.717, 1.165) is 36.6 Å². The lowest BCUT2D eigenvalue weighted by atomic mass is 10.0. The van der Waals surface area contributed by atoms with E-state index in [1.54, 1.807) is 18.0 Å². The summed E-state index contributed by atoms with van der Waals surface area (Å²) in [6, 6.07) is 8.24. The monoisotopic (exact) mass is 329 g/mol. The Morgan fingerprint density at radius 1 is 1.35 bits per heavy atom. The second-order valence-corrected chi connectivity index (χ2v) is 7.02. The average Bonchev–Trinajstić information content (AvgIpc) is 3.15. The first-order valence-electron chi connectivity index (χ1n) is 7.96. The van der Waals surface area contributed by atoms with Gasteiger partial charge < -0.3 is 14.2 Å². The zero-order valence-electron chi connectivity index (χ0n) is 12.8. The van der Waals surface area contributed by atoms with Crippen molar-refractivity contribution in [2.45, 2.75) is 29.9 Å². The van der Waals surface area contributed by atoms with Gasteiger partial charge in [0.2, 0.25) is 0 Å². The first-order chi connectivity index (χ1) is 11.3. The van der Waals surface area contributed by atoms with Gasteiger partial charge in [0.15, 0.2) is 6.10 Å². The summed E-state index contributed by atoms with van der Waals surface area (Å²) in [5.41, 5.74) is 0. The zero-order valence-corrected chi connectivity index (χ0v) is 13.6. The molecule has 3 heterocycles. The largest absolute Gasteiger partial charge is 0.479 e. The highest BCUT2D eigenvalue weighted by Gasteiger charge is 2.33. The molecule has 5 nitrogen and oxygen atoms in total. The third-order valence-electron chi connectivity index (χ3n) is 4.44. The summed E-state index contributed by atoms with van der Waals surface area (Å²) in [4.78, 5) is 20.0. The summed E-state index contributed by atoms with van der Waals surface area (Å²) < 4.78 is 8.04. The predicted molar refractivity (Wildman–Crippen MR) is 88.7 cm³/mol. The molecular weight excluding hydrogens is 310 g/mol. The molecular formula is C17H19N3O2S. The van der Waals surface area contributed by atoms with Gasteiger partial charge in [-0.3, -0.25) is 4.79 Å². The minimum absolute atomic E-state index is 0.108. The number of para-hydroxylation sites is 1. The minimum Gasteiger partial charge on any atom is -0.479 e. The van der Waals surface area contributed by atoms with Crippen LogP contribution in [-0.2, 0) is 4.79 Å². The lowest BCUT2D eigenvalue weighted by molar-refractivity contribution is -0.139. The third kappa shape index (κ3) is 2.95. The Bertz CT molecular complexity index is 689. The van der Waals surface area contributed by atoms with Crippen molar-refractivity contribution in [3.8, 4) is 5.75 Å². The fourth-order valence-electron chi connectivity index (χ4n) is 3.23. The number of aromatic nitrogens is 2. The molecule has 1 fully saturated rings. The van der Waals surface area contributed by atoms with Crippen LogP contribution in [0.25, 0.3) is 0 Å². The van der Waals surface area contributed by atoms with Crippen LogP contribution in [0, 0.1) is 0 Å². The number of fused-ring (bicyclic) bond motifs is 1. The van der Waals surface area contributed by atoms with Gasteiger partial charge in [-0.1, -0.05) is 12.1 Å². The summed E-state index contributed by atoms with van der Waals surface area (Å²) in [5, 5.41) is 0. The van der Waals surface area contributed by atoms with Crippen molar-refractivity contribution >= 4 is 17.7 Å². The molecule has 1 aromatic carbocycles. The number of hydrogen-bond acceptors (Lipinski definition) is 4. The number of imidazole rings is 1. The van der Waals surface area contributed by atoms with Crippen molar-refractivity contribution in [1.29, 1.82) is 0 Å². The summed E-state index contributed by atoms with van der Waals surface area (Å²) >= 11 is 1.70. The number of nitrogens with zero attached hydrogens (tertiary/aromatic N) is 3. The third-order valence-corrected chi connectivity index (χ3v) is 5.56. The molecule has 0 N–H and O–H groups in total. The van der Waals surface area contributed by atoms with E-state index in [0.29, 0.717) is 11.8 Å². The highest BCUT2D eigenvalue weighted by Crippen LogP contribution is 2.35. The molecule has 4 rings (SSSR count). The van der Waals surface area contributed by atoms with Crippen LogP contribution in [0.3, 0.4) is 0 Å². The van der Waals surface area contributed by atoms with Gasteiger partial charge >= 0.3 is 0 Å². The molecule has 2 atom stereocenters. The Morgan fingerprint density at radius 2 is 2.26 bits per heavy atom. The summed E-state index contributed by atoms with van der Waals surface area (Å²) in [6.45, 7) is 1.55. The number of carbonyl (C=O) groups is 1. The van der Waals surface area contributed by atoms with Crippen LogP contribution < -0.4 is 4.74 Å². The summed E-state index contributed by atoms with van der Waals surface area (Å²) in [5.74, 6) is 1.62. The molecule has 0 radical (unpaired) electrons. The number of likely N-dealkylation sites (tertiary alicyclic amines) is 1. The van der Waals surface area contributed by atoms with Gasteiger partial charge in [-0.2, -0.15) is 0 Å². The first-order valence-corrected chi connectivity index (χ1v) is 8.94. The van der Waals surface area contributed by atoms with Crippen LogP contribution in [0.4, 0.5) is 0 Å². The van der Waals surface area contributed by atoms with Gasteiger partial charge in [0, 0.05) is 36.1 Å². The number of ether oxygens (including phenoxy) is 1. The van der Waals surface area contributed by atoms with Crippen molar-refractivity contribution < 1.29 is 9.53 Å². The number of carbonyl (C=O) groups excluding carboxylic acids is 1. The SMILES string of the molecule is O=C(C1CSc2ccccc2O1)N1CCCC(n2ccnc2)C1. The molecule has 2 unspecified atom stereocenters. The molecule has 0 saturated carbocycles. The molecule has 0 bridgehead atoms. The Balaban J connectivity index is 1.45. The van der Waals surface area contributed by atoms with E-state index in [1.165, 1.54) is 0 Å². The van der Waals surface area contributed by atoms with Crippen LogP contribution in [0.5, 0.6) is 5.75 Å². The van der Waals surface area contributed by atoms with Crippen molar-refractivity contribution in [1.82, 2.24) is 14.5 Å². The van der Waals surface area contributed by atoms with Gasteiger partial charge in [0.05, 0.1) is 12.4 Å². The van der Waals surface area contributed by atoms with Gasteiger partial charge in [0.25, 0.3) is 5.91 Å². The molecule has 6 heteroatoms. The first kappa shape index (κ1) is 14.6. The minimum atomic E-state index is -0.378. The van der Waals surface area contributed by atoms with E-state index in [4.69, 9.17) is 4.74 Å². The van der Waals surface area contributed by atoms with E-state index in [2.05, 4.69) is 9.55 Å². The Hall–Kier alpha value is -1.95. The summed E-state index contributed by atoms with van der Waals surface area (Å²) in [7, 11) is 0. The molecule has 23 heavy (non-hydrogen) atoms. The summed E-state index contributed by atoms with van der Waals surface area (Å²) in [6.07, 6.45) is 7.33. The smallest absolute Gasteiger partial charge is 0.264 e. The number of rotatable bonds is 2. The quantitative estimate of drug-likeness (QED) is 0.850. The molecule has 1 aromatic heterocycles. The second-order valence-electron chi connectivity index (χ2n) is 5.95. The standard InChI is InChI=1S/C17H19N3O2S/c21-17(15-11-23-16-6-2-1-5-14(16)22-15)19-8-3-4-13(10-19)20-9-7-18-12-20/h1-2,5-7,9,12-13,15H,3-4,8,10-11H2. The maximum atomic E-state index is 12.8. The normalized spacial score (nSPS) is 23.9. The van der Waals surface area contributed by atoms with Gasteiger partial charge in [-0.25, -0.2) is 4.98 Å². The number of hydrogen-bond donors (Lipinski definition) is 0. The van der Waals surface area contributed by atoms with Gasteiger partial charge in [-0.15, -0.1) is 11.8 Å². The van der Waals surface area contributed by atoms with Crippen LogP contribution in [0.15, 0.2) is 47.9 Å². The molecule has 2 aromatic rings. The lowest BCUT2D eigenvalue weighted by Gasteiger charge is -2.36. The predicted octanol–water partition coefficient (Wildman–Crippen LogP) is 2.60. The van der Waals surface area contributed by atoms with Gasteiger partial charge in [0.1, 0.15) is 5.75 Å². The highest BCUT2D eigenvalue weighted by atomic mass is 32.2. The van der Waals surface area contributed by atoms with Crippen molar-refractivity contribution in [2.24, 2.45) is 0 Å². The Labute approximate surface area is 139 Å². The number of thioether (sulfide) groups is 1. The molecule has 0 aliphatic carbocycles. The van der Waals surface area contributed by atoms with Crippen LogP contribution in [0.2, 0.25) is 0 Å². The molecule has 1 amide bonds. The number of benzene rings is 1. The van der Waals surface area contributed by atoms with E-state index < -0.39 is 0 Å². The van der Waals surface area contributed by atoms with Crippen LogP contribution in [-0.4, -0.2) is 45.3 Å².